The van der Waals surface area contributed by atoms with Gasteiger partial charge in [-0.2, -0.15) is 0 Å². The Kier molecular flexibility index (Phi) is 4.77. The first-order valence-corrected chi connectivity index (χ1v) is 7.14. The quantitative estimate of drug-likeness (QED) is 0.832. The molecule has 0 bridgehead atoms. The van der Waals surface area contributed by atoms with E-state index in [1.807, 2.05) is 0 Å². The van der Waals surface area contributed by atoms with Crippen LogP contribution in [0, 0.1) is 0 Å². The van der Waals surface area contributed by atoms with Crippen molar-refractivity contribution in [2.24, 2.45) is 0 Å². The number of nitrogens with one attached hydrogen (secondary N) is 1. The van der Waals surface area contributed by atoms with Gasteiger partial charge in [-0.1, -0.05) is 0 Å². The summed E-state index contributed by atoms with van der Waals surface area (Å²) in [6, 6.07) is 4.44. The molecule has 0 spiro atoms. The number of methoxy groups -OCH3 is 2. The first-order valence-electron chi connectivity index (χ1n) is 5.59. The maximum atomic E-state index is 11.8. The van der Waals surface area contributed by atoms with Crippen molar-refractivity contribution in [1.29, 1.82) is 0 Å². The van der Waals surface area contributed by atoms with Crippen LogP contribution in [0.3, 0.4) is 0 Å². The SMILES string of the molecule is COC(=O)c1cc(OC)ccc1NS(=O)(=O)C(C)C. The Morgan fingerprint density at radius 1 is 1.26 bits per heavy atom. The number of rotatable bonds is 5. The van der Waals surface area contributed by atoms with Crippen molar-refractivity contribution in [3.8, 4) is 5.75 Å². The lowest BCUT2D eigenvalue weighted by Crippen LogP contribution is -2.23. The largest absolute Gasteiger partial charge is 0.497 e. The van der Waals surface area contributed by atoms with Gasteiger partial charge in [-0.15, -0.1) is 0 Å². The van der Waals surface area contributed by atoms with Crippen molar-refractivity contribution in [3.63, 3.8) is 0 Å². The summed E-state index contributed by atoms with van der Waals surface area (Å²) in [5.74, 6) is -0.201. The average molecular weight is 287 g/mol. The van der Waals surface area contributed by atoms with Crippen LogP contribution in [0.15, 0.2) is 18.2 Å². The molecule has 0 atom stereocenters. The molecule has 0 radical (unpaired) electrons. The van der Waals surface area contributed by atoms with E-state index in [1.165, 1.54) is 26.4 Å². The van der Waals surface area contributed by atoms with Crippen molar-refractivity contribution in [2.75, 3.05) is 18.9 Å². The summed E-state index contributed by atoms with van der Waals surface area (Å²) in [5.41, 5.74) is 0.271. The van der Waals surface area contributed by atoms with E-state index in [2.05, 4.69) is 9.46 Å². The van der Waals surface area contributed by atoms with Gasteiger partial charge in [-0.05, 0) is 32.0 Å². The summed E-state index contributed by atoms with van der Waals surface area (Å²) in [5, 5.41) is -0.611. The molecule has 1 aromatic carbocycles. The second kappa shape index (κ2) is 5.92. The molecule has 0 saturated heterocycles. The molecule has 0 aliphatic heterocycles. The number of sulfonamides is 1. The molecule has 0 amide bonds. The van der Waals surface area contributed by atoms with Crippen LogP contribution in [0.4, 0.5) is 5.69 Å². The van der Waals surface area contributed by atoms with Gasteiger partial charge in [0.2, 0.25) is 10.0 Å². The number of ether oxygens (including phenoxy) is 2. The first-order chi connectivity index (χ1) is 8.81. The fourth-order valence-electron chi connectivity index (χ4n) is 1.29. The fraction of sp³-hybridized carbons (Fsp3) is 0.417. The standard InChI is InChI=1S/C12H17NO5S/c1-8(2)19(15,16)13-11-6-5-9(17-3)7-10(11)12(14)18-4/h5-8,13H,1-4H3. The van der Waals surface area contributed by atoms with Gasteiger partial charge >= 0.3 is 5.97 Å². The van der Waals surface area contributed by atoms with Crippen LogP contribution < -0.4 is 9.46 Å². The van der Waals surface area contributed by atoms with Gasteiger partial charge in [-0.3, -0.25) is 4.72 Å². The van der Waals surface area contributed by atoms with Crippen LogP contribution >= 0.6 is 0 Å². The van der Waals surface area contributed by atoms with E-state index in [1.54, 1.807) is 19.9 Å². The van der Waals surface area contributed by atoms with Crippen molar-refractivity contribution in [3.05, 3.63) is 23.8 Å². The van der Waals surface area contributed by atoms with Crippen molar-refractivity contribution in [2.45, 2.75) is 19.1 Å². The number of benzene rings is 1. The summed E-state index contributed by atoms with van der Waals surface area (Å²) >= 11 is 0. The second-order valence-electron chi connectivity index (χ2n) is 4.10. The molecular formula is C12H17NO5S. The summed E-state index contributed by atoms with van der Waals surface area (Å²) in [4.78, 5) is 11.6. The first kappa shape index (κ1) is 15.3. The molecule has 19 heavy (non-hydrogen) atoms. The Bertz CT molecular complexity index is 565. The maximum Gasteiger partial charge on any atom is 0.340 e. The van der Waals surface area contributed by atoms with E-state index >= 15 is 0 Å². The Morgan fingerprint density at radius 2 is 1.89 bits per heavy atom. The zero-order valence-electron chi connectivity index (χ0n) is 11.3. The highest BCUT2D eigenvalue weighted by Gasteiger charge is 2.20. The monoisotopic (exact) mass is 287 g/mol. The molecule has 0 fully saturated rings. The second-order valence-corrected chi connectivity index (χ2v) is 6.34. The topological polar surface area (TPSA) is 81.7 Å². The predicted molar refractivity (Wildman–Crippen MR) is 72.0 cm³/mol. The van der Waals surface area contributed by atoms with E-state index in [0.29, 0.717) is 5.75 Å². The Morgan fingerprint density at radius 3 is 2.37 bits per heavy atom. The van der Waals surface area contributed by atoms with Gasteiger partial charge in [-0.25, -0.2) is 13.2 Å². The highest BCUT2D eigenvalue weighted by Crippen LogP contribution is 2.24. The van der Waals surface area contributed by atoms with Crippen LogP contribution in [-0.2, 0) is 14.8 Å². The fourth-order valence-corrected chi connectivity index (χ4v) is 2.01. The molecule has 1 aromatic rings. The lowest BCUT2D eigenvalue weighted by Gasteiger charge is -2.14. The van der Waals surface area contributed by atoms with Crippen LogP contribution in [0.5, 0.6) is 5.75 Å². The van der Waals surface area contributed by atoms with Gasteiger partial charge < -0.3 is 9.47 Å². The van der Waals surface area contributed by atoms with Gasteiger partial charge in [0.1, 0.15) is 5.75 Å². The van der Waals surface area contributed by atoms with E-state index in [0.717, 1.165) is 0 Å². The summed E-state index contributed by atoms with van der Waals surface area (Å²) in [7, 11) is -0.856. The minimum absolute atomic E-state index is 0.103. The Labute approximate surface area is 112 Å². The lowest BCUT2D eigenvalue weighted by molar-refractivity contribution is 0.0601. The molecule has 0 aliphatic rings. The Balaban J connectivity index is 3.24. The zero-order chi connectivity index (χ0) is 14.6. The van der Waals surface area contributed by atoms with Crippen LogP contribution in [0.2, 0.25) is 0 Å². The minimum atomic E-state index is -3.53. The molecule has 6 nitrogen and oxygen atoms in total. The molecule has 7 heteroatoms. The van der Waals surface area contributed by atoms with E-state index in [4.69, 9.17) is 4.74 Å². The number of esters is 1. The molecular weight excluding hydrogens is 270 g/mol. The summed E-state index contributed by atoms with van der Waals surface area (Å²) in [6.07, 6.45) is 0. The lowest BCUT2D eigenvalue weighted by atomic mass is 10.2. The van der Waals surface area contributed by atoms with Crippen molar-refractivity contribution in [1.82, 2.24) is 0 Å². The van der Waals surface area contributed by atoms with Gasteiger partial charge in [0.05, 0.1) is 30.7 Å². The van der Waals surface area contributed by atoms with Gasteiger partial charge in [0.25, 0.3) is 0 Å². The molecule has 0 unspecified atom stereocenters. The van der Waals surface area contributed by atoms with E-state index in [-0.39, 0.29) is 11.3 Å². The van der Waals surface area contributed by atoms with Crippen LogP contribution in [0.25, 0.3) is 0 Å². The number of hydrogen-bond acceptors (Lipinski definition) is 5. The third-order valence-electron chi connectivity index (χ3n) is 2.50. The van der Waals surface area contributed by atoms with Crippen molar-refractivity contribution < 1.29 is 22.7 Å². The van der Waals surface area contributed by atoms with E-state index in [9.17, 15) is 13.2 Å². The molecule has 0 saturated carbocycles. The van der Waals surface area contributed by atoms with Gasteiger partial charge in [0, 0.05) is 0 Å². The Hall–Kier alpha value is -1.76. The summed E-state index contributed by atoms with van der Waals surface area (Å²) in [6.45, 7) is 3.09. The number of carbonyl (C=O) groups excluding carboxylic acids is 1. The predicted octanol–water partition coefficient (Wildman–Crippen LogP) is 1.63. The highest BCUT2D eigenvalue weighted by atomic mass is 32.2. The third-order valence-corrected chi connectivity index (χ3v) is 4.25. The highest BCUT2D eigenvalue weighted by molar-refractivity contribution is 7.93. The molecule has 106 valence electrons. The summed E-state index contributed by atoms with van der Waals surface area (Å²) < 4.78 is 35.6. The third kappa shape index (κ3) is 3.60. The zero-order valence-corrected chi connectivity index (χ0v) is 12.1. The number of hydrogen-bond donors (Lipinski definition) is 1. The molecule has 0 aliphatic carbocycles. The normalized spacial score (nSPS) is 11.2. The average Bonchev–Trinajstić information content (AvgIpc) is 2.37. The molecule has 0 aromatic heterocycles. The van der Waals surface area contributed by atoms with Crippen molar-refractivity contribution >= 4 is 21.7 Å². The minimum Gasteiger partial charge on any atom is -0.497 e. The number of carbonyl (C=O) groups is 1. The van der Waals surface area contributed by atoms with Crippen LogP contribution in [-0.4, -0.2) is 33.9 Å². The van der Waals surface area contributed by atoms with Gasteiger partial charge in [0.15, 0.2) is 0 Å². The smallest absolute Gasteiger partial charge is 0.340 e. The van der Waals surface area contributed by atoms with Crippen LogP contribution in [0.1, 0.15) is 24.2 Å². The molecule has 1 rings (SSSR count). The molecule has 1 N–H and O–H groups in total. The number of anilines is 1. The molecule has 0 heterocycles. The maximum absolute atomic E-state index is 11.8. The van der Waals surface area contributed by atoms with E-state index < -0.39 is 21.2 Å².